The van der Waals surface area contributed by atoms with Crippen molar-refractivity contribution in [3.8, 4) is 11.3 Å². The van der Waals surface area contributed by atoms with E-state index in [1.165, 1.54) is 18.6 Å². The molecule has 0 spiro atoms. The van der Waals surface area contributed by atoms with Crippen LogP contribution in [0, 0.1) is 11.6 Å². The van der Waals surface area contributed by atoms with Crippen LogP contribution in [-0.2, 0) is 4.74 Å². The van der Waals surface area contributed by atoms with E-state index < -0.39 is 23.7 Å². The fraction of sp³-hybridized carbons (Fsp3) is 0.357. The Labute approximate surface area is 233 Å². The monoisotopic (exact) mass is 577 g/mol. The maximum Gasteiger partial charge on any atom is 0.410 e. The van der Waals surface area contributed by atoms with Crippen molar-refractivity contribution < 1.29 is 27.1 Å². The third-order valence-electron chi connectivity index (χ3n) is 6.02. The Morgan fingerprint density at radius 3 is 2.35 bits per heavy atom. The molecule has 0 unspecified atom stereocenters. The van der Waals surface area contributed by atoms with Gasteiger partial charge >= 0.3 is 6.09 Å². The minimum atomic E-state index is -2.17. The Morgan fingerprint density at radius 1 is 1.02 bits per heavy atom. The Bertz CT molecular complexity index is 1540. The van der Waals surface area contributed by atoms with Crippen LogP contribution in [0.15, 0.2) is 42.9 Å². The number of rotatable bonds is 2. The van der Waals surface area contributed by atoms with Crippen LogP contribution in [0.2, 0.25) is 5.02 Å². The third-order valence-corrected chi connectivity index (χ3v) is 6.39. The number of aromatic nitrogens is 3. The Hall–Kier alpha value is -3.73. The molecule has 1 aliphatic heterocycles. The predicted molar refractivity (Wildman–Crippen MR) is 147 cm³/mol. The quantitative estimate of drug-likeness (QED) is 0.237. The van der Waals surface area contributed by atoms with Gasteiger partial charge in [0.15, 0.2) is 5.82 Å². The van der Waals surface area contributed by atoms with Gasteiger partial charge in [-0.25, -0.2) is 32.3 Å². The lowest BCUT2D eigenvalue weighted by Gasteiger charge is -2.36. The molecule has 1 saturated heterocycles. The summed E-state index contributed by atoms with van der Waals surface area (Å²) in [5.41, 5.74) is -0.0652. The number of benzene rings is 2. The molecule has 4 aromatic rings. The molecular weight excluding hydrogens is 550 g/mol. The van der Waals surface area contributed by atoms with Gasteiger partial charge < -0.3 is 14.5 Å². The zero-order valence-corrected chi connectivity index (χ0v) is 23.1. The number of carbonyl (C=O) groups excluding carboxylic acids is 1. The third kappa shape index (κ3) is 6.35. The topological polar surface area (TPSA) is 71.5 Å². The van der Waals surface area contributed by atoms with Crippen molar-refractivity contribution in [2.24, 2.45) is 0 Å². The summed E-state index contributed by atoms with van der Waals surface area (Å²) in [5, 5.41) is 1.42. The Morgan fingerprint density at radius 2 is 1.70 bits per heavy atom. The summed E-state index contributed by atoms with van der Waals surface area (Å²) in [7, 11) is 0. The van der Waals surface area contributed by atoms with Crippen LogP contribution >= 0.6 is 11.6 Å². The molecule has 12 heteroatoms. The zero-order chi connectivity index (χ0) is 29.2. The van der Waals surface area contributed by atoms with Crippen molar-refractivity contribution in [3.05, 3.63) is 59.5 Å². The highest BCUT2D eigenvalue weighted by atomic mass is 35.5. The average molecular weight is 578 g/mol. The number of pyridine rings is 1. The SMILES string of the molecule is CC(C)(C)OC(=O)N1CCN(c2ncnc3c(F)c(-c4cccc5ccc(F)c(Cl)c45)ncc23)CC1.CC(F)F. The van der Waals surface area contributed by atoms with E-state index in [1.807, 2.05) is 25.7 Å². The molecular formula is C28H28ClF4N5O2. The van der Waals surface area contributed by atoms with Crippen molar-refractivity contribution in [1.82, 2.24) is 19.9 Å². The molecule has 3 heterocycles. The standard InChI is InChI=1S/C26H24ClF2N5O2.C2H4F2/c1-26(2,3)36-25(35)34-11-9-33(10-12-34)24-17-13-30-22(21(29)23(17)31-14-32-24)16-6-4-5-15-7-8-18(28)20(27)19(15)16;1-2(3)4/h4-8,13-14H,9-12H2,1-3H3;2H,1H3. The molecule has 0 N–H and O–H groups in total. The first-order valence-corrected chi connectivity index (χ1v) is 12.9. The van der Waals surface area contributed by atoms with E-state index in [-0.39, 0.29) is 22.3 Å². The summed E-state index contributed by atoms with van der Waals surface area (Å²) in [6.07, 6.45) is 0.299. The number of carbonyl (C=O) groups is 1. The number of anilines is 1. The van der Waals surface area contributed by atoms with E-state index in [0.29, 0.717) is 53.7 Å². The number of piperazine rings is 1. The molecule has 1 fully saturated rings. The summed E-state index contributed by atoms with van der Waals surface area (Å²) in [6, 6.07) is 8.05. The number of ether oxygens (including phenoxy) is 1. The van der Waals surface area contributed by atoms with Crippen LogP contribution in [-0.4, -0.2) is 64.2 Å². The fourth-order valence-electron chi connectivity index (χ4n) is 4.35. The van der Waals surface area contributed by atoms with Crippen LogP contribution in [0.5, 0.6) is 0 Å². The molecule has 212 valence electrons. The van der Waals surface area contributed by atoms with Crippen molar-refractivity contribution in [1.29, 1.82) is 0 Å². The van der Waals surface area contributed by atoms with E-state index >= 15 is 4.39 Å². The summed E-state index contributed by atoms with van der Waals surface area (Å²) in [6.45, 7) is 8.18. The first kappa shape index (κ1) is 29.3. The maximum absolute atomic E-state index is 15.8. The molecule has 0 radical (unpaired) electrons. The largest absolute Gasteiger partial charge is 0.444 e. The molecule has 2 aromatic heterocycles. The minimum Gasteiger partial charge on any atom is -0.444 e. The molecule has 2 aromatic carbocycles. The maximum atomic E-state index is 15.8. The number of hydrogen-bond acceptors (Lipinski definition) is 6. The zero-order valence-electron chi connectivity index (χ0n) is 22.4. The van der Waals surface area contributed by atoms with E-state index in [4.69, 9.17) is 16.3 Å². The summed E-state index contributed by atoms with van der Waals surface area (Å²) in [5.74, 6) is -0.701. The lowest BCUT2D eigenvalue weighted by molar-refractivity contribution is 0.0240. The smallest absolute Gasteiger partial charge is 0.410 e. The van der Waals surface area contributed by atoms with Gasteiger partial charge in [0, 0.05) is 43.3 Å². The fourth-order valence-corrected chi connectivity index (χ4v) is 4.63. The summed E-state index contributed by atoms with van der Waals surface area (Å²) < 4.78 is 56.1. The first-order valence-electron chi connectivity index (χ1n) is 12.5. The number of hydrogen-bond donors (Lipinski definition) is 0. The molecule has 1 aliphatic rings. The number of alkyl halides is 2. The highest BCUT2D eigenvalue weighted by molar-refractivity contribution is 6.36. The van der Waals surface area contributed by atoms with Crippen molar-refractivity contribution in [2.75, 3.05) is 31.1 Å². The van der Waals surface area contributed by atoms with Crippen molar-refractivity contribution in [2.45, 2.75) is 39.7 Å². The van der Waals surface area contributed by atoms with Gasteiger partial charge in [-0.1, -0.05) is 35.9 Å². The van der Waals surface area contributed by atoms with Crippen molar-refractivity contribution in [3.63, 3.8) is 0 Å². The Kier molecular flexibility index (Phi) is 8.62. The van der Waals surface area contributed by atoms with Gasteiger partial charge in [0.25, 0.3) is 0 Å². The van der Waals surface area contributed by atoms with Crippen LogP contribution < -0.4 is 4.90 Å². The molecule has 40 heavy (non-hydrogen) atoms. The van der Waals surface area contributed by atoms with Gasteiger partial charge in [-0.3, -0.25) is 4.98 Å². The Balaban J connectivity index is 0.000000867. The predicted octanol–water partition coefficient (Wildman–Crippen LogP) is 7.11. The van der Waals surface area contributed by atoms with E-state index in [0.717, 1.165) is 6.92 Å². The normalized spacial score (nSPS) is 13.9. The van der Waals surface area contributed by atoms with E-state index in [1.54, 1.807) is 29.2 Å². The van der Waals surface area contributed by atoms with Gasteiger partial charge in [0.05, 0.1) is 10.4 Å². The molecule has 0 bridgehead atoms. The van der Waals surface area contributed by atoms with E-state index in [9.17, 15) is 18.0 Å². The highest BCUT2D eigenvalue weighted by Crippen LogP contribution is 2.37. The first-order chi connectivity index (χ1) is 18.9. The van der Waals surface area contributed by atoms with Gasteiger partial charge in [-0.05, 0) is 39.1 Å². The van der Waals surface area contributed by atoms with Crippen LogP contribution in [0.1, 0.15) is 27.7 Å². The molecule has 7 nitrogen and oxygen atoms in total. The average Bonchev–Trinajstić information content (AvgIpc) is 2.89. The van der Waals surface area contributed by atoms with Gasteiger partial charge in [0.2, 0.25) is 6.43 Å². The minimum absolute atomic E-state index is 0.0278. The summed E-state index contributed by atoms with van der Waals surface area (Å²) in [4.78, 5) is 29.0. The second kappa shape index (κ2) is 11.8. The molecule has 5 rings (SSSR count). The van der Waals surface area contributed by atoms with Gasteiger partial charge in [-0.15, -0.1) is 0 Å². The van der Waals surface area contributed by atoms with Gasteiger partial charge in [0.1, 0.15) is 34.8 Å². The molecule has 0 atom stereocenters. The van der Waals surface area contributed by atoms with Gasteiger partial charge in [-0.2, -0.15) is 0 Å². The summed E-state index contributed by atoms with van der Waals surface area (Å²) >= 11 is 6.25. The second-order valence-electron chi connectivity index (χ2n) is 10.1. The van der Waals surface area contributed by atoms with E-state index in [2.05, 4.69) is 15.0 Å². The van der Waals surface area contributed by atoms with Crippen LogP contribution in [0.4, 0.5) is 28.2 Å². The number of fused-ring (bicyclic) bond motifs is 2. The molecule has 0 saturated carbocycles. The number of nitrogens with zero attached hydrogens (tertiary/aromatic N) is 5. The molecule has 1 amide bonds. The second-order valence-corrected chi connectivity index (χ2v) is 10.5. The van der Waals surface area contributed by atoms with Crippen molar-refractivity contribution >= 4 is 45.2 Å². The number of amides is 1. The lowest BCUT2D eigenvalue weighted by atomic mass is 10.0. The van der Waals surface area contributed by atoms with Crippen LogP contribution in [0.25, 0.3) is 32.9 Å². The highest BCUT2D eigenvalue weighted by Gasteiger charge is 2.28. The number of halogens is 5. The lowest BCUT2D eigenvalue weighted by Crippen LogP contribution is -2.50. The van der Waals surface area contributed by atoms with Crippen LogP contribution in [0.3, 0.4) is 0 Å². The molecule has 0 aliphatic carbocycles.